The molecule has 1 amide bonds. The second kappa shape index (κ2) is 9.80. The van der Waals surface area contributed by atoms with E-state index < -0.39 is 6.10 Å². The molecular weight excluding hydrogens is 450 g/mol. The highest BCUT2D eigenvalue weighted by atomic mass is 79.9. The first-order valence-corrected chi connectivity index (χ1v) is 11.2. The normalized spacial score (nSPS) is 12.8. The Balaban J connectivity index is 1.58. The lowest BCUT2D eigenvalue weighted by atomic mass is 9.98. The third kappa shape index (κ3) is 4.97. The van der Waals surface area contributed by atoms with Gasteiger partial charge in [0.15, 0.2) is 6.10 Å². The standard InChI is InChI=1S/C27H24BrNO2/c1-2-25(31-22-17-16-19-10-6-7-13-21(19)18-22)27(30)29-26(20-11-4-3-5-12-20)23-14-8-9-15-24(23)28/h3-18,25-26H,2H2,1H3,(H,29,30). The molecule has 0 fully saturated rings. The minimum absolute atomic E-state index is 0.139. The zero-order chi connectivity index (χ0) is 21.6. The Morgan fingerprint density at radius 1 is 0.871 bits per heavy atom. The van der Waals surface area contributed by atoms with Gasteiger partial charge in [0.1, 0.15) is 5.75 Å². The van der Waals surface area contributed by atoms with Crippen LogP contribution >= 0.6 is 15.9 Å². The van der Waals surface area contributed by atoms with Crippen LogP contribution in [0, 0.1) is 0 Å². The maximum atomic E-state index is 13.3. The first kappa shape index (κ1) is 21.1. The van der Waals surface area contributed by atoms with Gasteiger partial charge in [-0.15, -0.1) is 0 Å². The molecule has 4 rings (SSSR count). The number of halogens is 1. The Hall–Kier alpha value is -3.11. The van der Waals surface area contributed by atoms with Crippen LogP contribution in [0.25, 0.3) is 10.8 Å². The van der Waals surface area contributed by atoms with Gasteiger partial charge in [0.2, 0.25) is 0 Å². The van der Waals surface area contributed by atoms with Crippen LogP contribution in [0.4, 0.5) is 0 Å². The first-order valence-electron chi connectivity index (χ1n) is 10.4. The molecule has 4 aromatic carbocycles. The summed E-state index contributed by atoms with van der Waals surface area (Å²) in [4.78, 5) is 13.3. The van der Waals surface area contributed by atoms with Crippen molar-refractivity contribution in [3.05, 3.63) is 113 Å². The van der Waals surface area contributed by atoms with Crippen LogP contribution in [0.1, 0.15) is 30.5 Å². The van der Waals surface area contributed by atoms with Crippen molar-refractivity contribution in [2.75, 3.05) is 0 Å². The molecule has 0 saturated heterocycles. The van der Waals surface area contributed by atoms with E-state index in [1.54, 1.807) is 0 Å². The average Bonchev–Trinajstić information content (AvgIpc) is 2.82. The molecule has 0 bridgehead atoms. The van der Waals surface area contributed by atoms with E-state index in [1.165, 1.54) is 0 Å². The Morgan fingerprint density at radius 2 is 1.55 bits per heavy atom. The molecule has 2 unspecified atom stereocenters. The molecule has 1 N–H and O–H groups in total. The van der Waals surface area contributed by atoms with Gasteiger partial charge in [0.25, 0.3) is 5.91 Å². The second-order valence-corrected chi connectivity index (χ2v) is 8.25. The number of ether oxygens (including phenoxy) is 1. The molecule has 4 aromatic rings. The van der Waals surface area contributed by atoms with Gasteiger partial charge in [-0.2, -0.15) is 0 Å². The lowest BCUT2D eigenvalue weighted by Gasteiger charge is -2.24. The highest BCUT2D eigenvalue weighted by molar-refractivity contribution is 9.10. The highest BCUT2D eigenvalue weighted by Gasteiger charge is 2.25. The van der Waals surface area contributed by atoms with E-state index in [-0.39, 0.29) is 11.9 Å². The van der Waals surface area contributed by atoms with E-state index in [9.17, 15) is 4.79 Å². The number of hydrogen-bond acceptors (Lipinski definition) is 2. The number of hydrogen-bond donors (Lipinski definition) is 1. The molecule has 2 atom stereocenters. The van der Waals surface area contributed by atoms with Crippen LogP contribution in [0.3, 0.4) is 0 Å². The molecule has 0 aromatic heterocycles. The number of nitrogens with one attached hydrogen (secondary N) is 1. The van der Waals surface area contributed by atoms with Crippen molar-refractivity contribution < 1.29 is 9.53 Å². The summed E-state index contributed by atoms with van der Waals surface area (Å²) in [5.41, 5.74) is 2.02. The van der Waals surface area contributed by atoms with Gasteiger partial charge in [0, 0.05) is 4.47 Å². The summed E-state index contributed by atoms with van der Waals surface area (Å²) in [5, 5.41) is 5.44. The maximum Gasteiger partial charge on any atom is 0.261 e. The quantitative estimate of drug-likeness (QED) is 0.325. The minimum Gasteiger partial charge on any atom is -0.481 e. The van der Waals surface area contributed by atoms with E-state index in [0.717, 1.165) is 26.4 Å². The summed E-state index contributed by atoms with van der Waals surface area (Å²) >= 11 is 3.63. The van der Waals surface area contributed by atoms with Crippen LogP contribution in [-0.4, -0.2) is 12.0 Å². The van der Waals surface area contributed by atoms with Gasteiger partial charge in [-0.3, -0.25) is 4.79 Å². The Labute approximate surface area is 191 Å². The Bertz CT molecular complexity index is 1180. The monoisotopic (exact) mass is 473 g/mol. The Morgan fingerprint density at radius 3 is 2.29 bits per heavy atom. The third-order valence-corrected chi connectivity index (χ3v) is 6.02. The van der Waals surface area contributed by atoms with E-state index in [2.05, 4.69) is 27.3 Å². The van der Waals surface area contributed by atoms with E-state index in [0.29, 0.717) is 12.2 Å². The molecule has 31 heavy (non-hydrogen) atoms. The third-order valence-electron chi connectivity index (χ3n) is 5.30. The van der Waals surface area contributed by atoms with Gasteiger partial charge in [-0.05, 0) is 46.5 Å². The van der Waals surface area contributed by atoms with Gasteiger partial charge >= 0.3 is 0 Å². The largest absolute Gasteiger partial charge is 0.481 e. The summed E-state index contributed by atoms with van der Waals surface area (Å²) in [6.45, 7) is 1.96. The van der Waals surface area contributed by atoms with E-state index >= 15 is 0 Å². The van der Waals surface area contributed by atoms with Gasteiger partial charge in [-0.1, -0.05) is 102 Å². The number of carbonyl (C=O) groups is 1. The van der Waals surface area contributed by atoms with Gasteiger partial charge in [-0.25, -0.2) is 0 Å². The maximum absolute atomic E-state index is 13.3. The lowest BCUT2D eigenvalue weighted by molar-refractivity contribution is -0.128. The molecule has 0 aliphatic rings. The number of fused-ring (bicyclic) bond motifs is 1. The molecular formula is C27H24BrNO2. The molecule has 0 radical (unpaired) electrons. The molecule has 0 aliphatic carbocycles. The number of benzene rings is 4. The summed E-state index contributed by atoms with van der Waals surface area (Å²) in [6, 6.07) is 31.7. The van der Waals surface area contributed by atoms with Crippen molar-refractivity contribution in [3.63, 3.8) is 0 Å². The molecule has 0 aliphatic heterocycles. The molecule has 156 valence electrons. The summed E-state index contributed by atoms with van der Waals surface area (Å²) in [5.74, 6) is 0.554. The van der Waals surface area contributed by atoms with Crippen LogP contribution in [-0.2, 0) is 4.79 Å². The van der Waals surface area contributed by atoms with Crippen LogP contribution in [0.2, 0.25) is 0 Å². The second-order valence-electron chi connectivity index (χ2n) is 7.40. The number of amides is 1. The number of carbonyl (C=O) groups excluding carboxylic acids is 1. The number of rotatable bonds is 7. The fourth-order valence-corrected chi connectivity index (χ4v) is 4.17. The summed E-state index contributed by atoms with van der Waals surface area (Å²) in [7, 11) is 0. The molecule has 4 heteroatoms. The zero-order valence-corrected chi connectivity index (χ0v) is 18.9. The summed E-state index contributed by atoms with van der Waals surface area (Å²) < 4.78 is 7.06. The van der Waals surface area contributed by atoms with Gasteiger partial charge in [0.05, 0.1) is 6.04 Å². The highest BCUT2D eigenvalue weighted by Crippen LogP contribution is 2.29. The zero-order valence-electron chi connectivity index (χ0n) is 17.3. The summed E-state index contributed by atoms with van der Waals surface area (Å²) in [6.07, 6.45) is -0.0225. The minimum atomic E-state index is -0.588. The molecule has 3 nitrogen and oxygen atoms in total. The molecule has 0 saturated carbocycles. The van der Waals surface area contributed by atoms with Crippen molar-refractivity contribution >= 4 is 32.6 Å². The SMILES string of the molecule is CCC(Oc1ccc2ccccc2c1)C(=O)NC(c1ccccc1)c1ccccc1Br. The Kier molecular flexibility index (Phi) is 6.68. The first-order chi connectivity index (χ1) is 15.2. The predicted molar refractivity (Wildman–Crippen MR) is 129 cm³/mol. The predicted octanol–water partition coefficient (Wildman–Crippen LogP) is 6.67. The van der Waals surface area contributed by atoms with Crippen LogP contribution < -0.4 is 10.1 Å². The topological polar surface area (TPSA) is 38.3 Å². The smallest absolute Gasteiger partial charge is 0.261 e. The molecule has 0 spiro atoms. The van der Waals surface area contributed by atoms with Crippen molar-refractivity contribution in [2.45, 2.75) is 25.5 Å². The molecule has 0 heterocycles. The lowest BCUT2D eigenvalue weighted by Crippen LogP contribution is -2.40. The average molecular weight is 474 g/mol. The van der Waals surface area contributed by atoms with E-state index in [1.807, 2.05) is 97.9 Å². The van der Waals surface area contributed by atoms with Crippen molar-refractivity contribution in [1.82, 2.24) is 5.32 Å². The van der Waals surface area contributed by atoms with Crippen molar-refractivity contribution in [3.8, 4) is 5.75 Å². The van der Waals surface area contributed by atoms with Crippen LogP contribution in [0.15, 0.2) is 102 Å². The van der Waals surface area contributed by atoms with Crippen molar-refractivity contribution in [1.29, 1.82) is 0 Å². The fourth-order valence-electron chi connectivity index (χ4n) is 3.66. The van der Waals surface area contributed by atoms with Crippen LogP contribution in [0.5, 0.6) is 5.75 Å². The van der Waals surface area contributed by atoms with E-state index in [4.69, 9.17) is 4.74 Å². The fraction of sp³-hybridized carbons (Fsp3) is 0.148. The van der Waals surface area contributed by atoms with Gasteiger partial charge < -0.3 is 10.1 Å². The van der Waals surface area contributed by atoms with Crippen molar-refractivity contribution in [2.24, 2.45) is 0 Å².